The molecule has 2 N–H and O–H groups in total. The molecule has 0 saturated carbocycles. The van der Waals surface area contributed by atoms with Crippen LogP contribution in [0.25, 0.3) is 0 Å². The van der Waals surface area contributed by atoms with Crippen LogP contribution in [0.15, 0.2) is 12.1 Å². The lowest BCUT2D eigenvalue weighted by Crippen LogP contribution is -2.45. The molecule has 0 aliphatic carbocycles. The van der Waals surface area contributed by atoms with Gasteiger partial charge in [-0.05, 0) is 47.0 Å². The van der Waals surface area contributed by atoms with Gasteiger partial charge in [0, 0.05) is 37.2 Å². The van der Waals surface area contributed by atoms with Crippen LogP contribution < -0.4 is 14.8 Å². The lowest BCUT2D eigenvalue weighted by atomic mass is 10.0. The lowest BCUT2D eigenvalue weighted by molar-refractivity contribution is 0.0335. The summed E-state index contributed by atoms with van der Waals surface area (Å²) in [4.78, 5) is 1.98. The smallest absolute Gasteiger partial charge is 0.124 e. The number of rotatable bonds is 8. The molecule has 1 aliphatic rings. The first kappa shape index (κ1) is 18.0. The number of hydrogen-bond acceptors (Lipinski definition) is 5. The molecule has 0 amide bonds. The van der Waals surface area contributed by atoms with E-state index in [-0.39, 0.29) is 6.10 Å². The Bertz CT molecular complexity index is 529. The molecule has 2 unspecified atom stereocenters. The highest BCUT2D eigenvalue weighted by atomic mass is 16.5. The third-order valence-corrected chi connectivity index (χ3v) is 3.86. The van der Waals surface area contributed by atoms with Crippen molar-refractivity contribution in [3.63, 3.8) is 0 Å². The van der Waals surface area contributed by atoms with Gasteiger partial charge in [-0.3, -0.25) is 0 Å². The Labute approximate surface area is 139 Å². The summed E-state index contributed by atoms with van der Waals surface area (Å²) in [5, 5.41) is 13.7. The van der Waals surface area contributed by atoms with E-state index < -0.39 is 5.60 Å². The molecule has 0 bridgehead atoms. The van der Waals surface area contributed by atoms with Crippen LogP contribution in [0.1, 0.15) is 31.9 Å². The molecule has 0 spiro atoms. The minimum Gasteiger partial charge on any atom is -0.494 e. The summed E-state index contributed by atoms with van der Waals surface area (Å²) < 4.78 is 11.6. The van der Waals surface area contributed by atoms with Crippen LogP contribution in [-0.2, 0) is 13.0 Å². The Hall–Kier alpha value is -1.30. The number of ether oxygens (including phenoxy) is 2. The first-order chi connectivity index (χ1) is 10.8. The zero-order chi connectivity index (χ0) is 17.0. The zero-order valence-corrected chi connectivity index (χ0v) is 15.0. The molecule has 2 rings (SSSR count). The number of likely N-dealkylation sites (N-methyl/N-ethyl adjacent to an activating group) is 1. The minimum atomic E-state index is -0.767. The molecular formula is C18H30N2O3. The van der Waals surface area contributed by atoms with E-state index in [1.54, 1.807) is 0 Å². The third-order valence-electron chi connectivity index (χ3n) is 3.86. The number of nitrogens with one attached hydrogen (secondary N) is 1. The molecule has 0 saturated heterocycles. The summed E-state index contributed by atoms with van der Waals surface area (Å²) in [6.07, 6.45) is 1.16. The molecule has 23 heavy (non-hydrogen) atoms. The van der Waals surface area contributed by atoms with E-state index in [0.717, 1.165) is 23.5 Å². The molecular weight excluding hydrogens is 292 g/mol. The fourth-order valence-electron chi connectivity index (χ4n) is 3.11. The Balaban J connectivity index is 2.03. The Morgan fingerprint density at radius 1 is 1.43 bits per heavy atom. The van der Waals surface area contributed by atoms with Crippen LogP contribution in [-0.4, -0.2) is 55.5 Å². The summed E-state index contributed by atoms with van der Waals surface area (Å²) in [5.74, 6) is 1.86. The van der Waals surface area contributed by atoms with Gasteiger partial charge in [0.15, 0.2) is 0 Å². The molecule has 130 valence electrons. The molecule has 1 aromatic rings. The predicted octanol–water partition coefficient (Wildman–Crippen LogP) is 1.81. The maximum atomic E-state index is 10.4. The van der Waals surface area contributed by atoms with Gasteiger partial charge in [-0.2, -0.15) is 0 Å². The molecule has 1 aliphatic heterocycles. The number of fused-ring (bicyclic) bond motifs is 1. The van der Waals surface area contributed by atoms with E-state index in [4.69, 9.17) is 9.47 Å². The molecule has 0 radical (unpaired) electrons. The van der Waals surface area contributed by atoms with Gasteiger partial charge in [0.25, 0.3) is 0 Å². The van der Waals surface area contributed by atoms with Crippen molar-refractivity contribution in [3.8, 4) is 11.5 Å². The summed E-state index contributed by atoms with van der Waals surface area (Å²) in [5.41, 5.74) is 1.52. The number of nitrogens with zero attached hydrogens (tertiary/aromatic N) is 1. The molecule has 1 heterocycles. The van der Waals surface area contributed by atoms with Crippen molar-refractivity contribution in [2.24, 2.45) is 0 Å². The topological polar surface area (TPSA) is 54.0 Å². The standard InChI is InChI=1S/C18H30N2O3/c1-6-22-16-8-14-7-13(2)23-17(14)9-15(16)10-19-11-18(3,21)12-20(4)5/h8-9,13,19,21H,6-7,10-12H2,1-5H3. The van der Waals surface area contributed by atoms with Gasteiger partial charge < -0.3 is 24.8 Å². The second-order valence-electron chi connectivity index (χ2n) is 6.97. The molecule has 5 heteroatoms. The molecule has 1 aromatic carbocycles. The second kappa shape index (κ2) is 7.51. The average molecular weight is 322 g/mol. The Morgan fingerprint density at radius 2 is 2.17 bits per heavy atom. The van der Waals surface area contributed by atoms with Crippen molar-refractivity contribution in [2.75, 3.05) is 33.8 Å². The quantitative estimate of drug-likeness (QED) is 0.764. The predicted molar refractivity (Wildman–Crippen MR) is 92.3 cm³/mol. The Kier molecular flexibility index (Phi) is 5.89. The summed E-state index contributed by atoms with van der Waals surface area (Å²) in [6.45, 7) is 8.33. The van der Waals surface area contributed by atoms with Crippen molar-refractivity contribution >= 4 is 0 Å². The molecule has 5 nitrogen and oxygen atoms in total. The fraction of sp³-hybridized carbons (Fsp3) is 0.667. The van der Waals surface area contributed by atoms with E-state index in [9.17, 15) is 5.11 Å². The van der Waals surface area contributed by atoms with Crippen molar-refractivity contribution in [3.05, 3.63) is 23.3 Å². The third kappa shape index (κ3) is 5.09. The Morgan fingerprint density at radius 3 is 2.83 bits per heavy atom. The fourth-order valence-corrected chi connectivity index (χ4v) is 3.11. The second-order valence-corrected chi connectivity index (χ2v) is 6.97. The van der Waals surface area contributed by atoms with Gasteiger partial charge in [0.2, 0.25) is 0 Å². The van der Waals surface area contributed by atoms with Gasteiger partial charge >= 0.3 is 0 Å². The van der Waals surface area contributed by atoms with Gasteiger partial charge in [-0.1, -0.05) is 0 Å². The first-order valence-corrected chi connectivity index (χ1v) is 8.34. The van der Waals surface area contributed by atoms with E-state index in [0.29, 0.717) is 26.2 Å². The van der Waals surface area contributed by atoms with Crippen molar-refractivity contribution in [2.45, 2.75) is 45.4 Å². The SMILES string of the molecule is CCOc1cc2c(cc1CNCC(C)(O)CN(C)C)OC(C)C2. The van der Waals surface area contributed by atoms with E-state index in [1.165, 1.54) is 5.56 Å². The van der Waals surface area contributed by atoms with Crippen LogP contribution >= 0.6 is 0 Å². The first-order valence-electron chi connectivity index (χ1n) is 8.34. The van der Waals surface area contributed by atoms with Gasteiger partial charge in [-0.25, -0.2) is 0 Å². The highest BCUT2D eigenvalue weighted by Crippen LogP contribution is 2.35. The zero-order valence-electron chi connectivity index (χ0n) is 15.0. The van der Waals surface area contributed by atoms with Crippen molar-refractivity contribution < 1.29 is 14.6 Å². The normalized spacial score (nSPS) is 19.3. The summed E-state index contributed by atoms with van der Waals surface area (Å²) in [6, 6.07) is 4.16. The van der Waals surface area contributed by atoms with E-state index in [1.807, 2.05) is 32.8 Å². The molecule has 2 atom stereocenters. The van der Waals surface area contributed by atoms with E-state index >= 15 is 0 Å². The van der Waals surface area contributed by atoms with Crippen molar-refractivity contribution in [1.29, 1.82) is 0 Å². The number of hydrogen-bond donors (Lipinski definition) is 2. The average Bonchev–Trinajstić information content (AvgIpc) is 2.76. The highest BCUT2D eigenvalue weighted by Gasteiger charge is 2.23. The summed E-state index contributed by atoms with van der Waals surface area (Å²) in [7, 11) is 3.92. The van der Waals surface area contributed by atoms with Crippen LogP contribution in [0.5, 0.6) is 11.5 Å². The molecule has 0 fully saturated rings. The van der Waals surface area contributed by atoms with E-state index in [2.05, 4.69) is 24.4 Å². The summed E-state index contributed by atoms with van der Waals surface area (Å²) >= 11 is 0. The molecule has 0 aromatic heterocycles. The van der Waals surface area contributed by atoms with Crippen LogP contribution in [0.2, 0.25) is 0 Å². The van der Waals surface area contributed by atoms with Crippen LogP contribution in [0.4, 0.5) is 0 Å². The minimum absolute atomic E-state index is 0.225. The van der Waals surface area contributed by atoms with Gasteiger partial charge in [0.1, 0.15) is 17.6 Å². The largest absolute Gasteiger partial charge is 0.494 e. The lowest BCUT2D eigenvalue weighted by Gasteiger charge is -2.27. The maximum Gasteiger partial charge on any atom is 0.124 e. The van der Waals surface area contributed by atoms with Gasteiger partial charge in [0.05, 0.1) is 12.2 Å². The number of aliphatic hydroxyl groups is 1. The van der Waals surface area contributed by atoms with Crippen LogP contribution in [0.3, 0.4) is 0 Å². The number of benzene rings is 1. The van der Waals surface area contributed by atoms with Crippen LogP contribution in [0, 0.1) is 0 Å². The maximum absolute atomic E-state index is 10.4. The van der Waals surface area contributed by atoms with Gasteiger partial charge in [-0.15, -0.1) is 0 Å². The highest BCUT2D eigenvalue weighted by molar-refractivity contribution is 5.48. The monoisotopic (exact) mass is 322 g/mol. The van der Waals surface area contributed by atoms with Crippen molar-refractivity contribution in [1.82, 2.24) is 10.2 Å².